The number of ketones is 1. The first-order valence-corrected chi connectivity index (χ1v) is 22.2. The molecule has 0 aromatic rings. The lowest BCUT2D eigenvalue weighted by molar-refractivity contribution is -0.161. The lowest BCUT2D eigenvalue weighted by Gasteiger charge is -2.20. The number of Topliss-reactive ketones (excluding diaryl/α,β-unsaturated/α-hetero) is 1. The van der Waals surface area contributed by atoms with Gasteiger partial charge in [0.15, 0.2) is 6.10 Å². The second kappa shape index (κ2) is 31.1. The molecule has 320 valence electrons. The van der Waals surface area contributed by atoms with E-state index < -0.39 is 76.5 Å². The number of hydrogen-bond acceptors (Lipinski definition) is 12. The van der Waals surface area contributed by atoms with Crippen LogP contribution in [-0.2, 0) is 37.5 Å². The second-order valence-electron chi connectivity index (χ2n) is 15.3. The molecule has 0 aromatic carbocycles. The van der Waals surface area contributed by atoms with Crippen LogP contribution in [0.3, 0.4) is 0 Å². The molecule has 1 aliphatic rings. The molecule has 0 amide bonds. The molecule has 0 aliphatic heterocycles. The molecule has 1 rings (SSSR count). The van der Waals surface area contributed by atoms with Gasteiger partial charge in [-0.05, 0) is 38.0 Å². The van der Waals surface area contributed by atoms with Crippen LogP contribution in [0.15, 0.2) is 24.3 Å². The topological polar surface area (TPSA) is 206 Å². The van der Waals surface area contributed by atoms with E-state index in [4.69, 9.17) is 19.1 Å². The Kier molecular flexibility index (Phi) is 28.9. The first-order valence-electron chi connectivity index (χ1n) is 20.8. The molecule has 55 heavy (non-hydrogen) atoms. The molecule has 1 unspecified atom stereocenters. The number of allylic oxidation sites excluding steroid dienone is 3. The van der Waals surface area contributed by atoms with Crippen molar-refractivity contribution in [3.8, 4) is 0 Å². The number of rotatable bonds is 34. The first-order chi connectivity index (χ1) is 26.3. The molecule has 5 N–H and O–H groups in total. The molecule has 0 bridgehead atoms. The third-order valence-corrected chi connectivity index (χ3v) is 10.6. The highest BCUT2D eigenvalue weighted by Crippen LogP contribution is 2.43. The minimum absolute atomic E-state index is 0.0428. The van der Waals surface area contributed by atoms with Crippen LogP contribution < -0.4 is 0 Å². The predicted octanol–water partition coefficient (Wildman–Crippen LogP) is 7.06. The van der Waals surface area contributed by atoms with Crippen LogP contribution in [-0.4, -0.2) is 93.9 Å². The number of hydrogen-bond donors (Lipinski definition) is 5. The smallest absolute Gasteiger partial charge is 0.462 e. The van der Waals surface area contributed by atoms with Crippen molar-refractivity contribution in [1.29, 1.82) is 0 Å². The maximum atomic E-state index is 12.6. The van der Waals surface area contributed by atoms with Crippen LogP contribution in [0.5, 0.6) is 0 Å². The van der Waals surface area contributed by atoms with Gasteiger partial charge < -0.3 is 34.8 Å². The maximum Gasteiger partial charge on any atom is 0.472 e. The van der Waals surface area contributed by atoms with Crippen LogP contribution in [0.4, 0.5) is 0 Å². The summed E-state index contributed by atoms with van der Waals surface area (Å²) in [4.78, 5) is 47.5. The molecule has 1 saturated carbocycles. The van der Waals surface area contributed by atoms with Gasteiger partial charge in [0.1, 0.15) is 18.5 Å². The van der Waals surface area contributed by atoms with Crippen molar-refractivity contribution in [2.24, 2.45) is 17.8 Å². The molecule has 14 heteroatoms. The Morgan fingerprint density at radius 2 is 1.45 bits per heavy atom. The van der Waals surface area contributed by atoms with E-state index in [9.17, 15) is 39.2 Å². The van der Waals surface area contributed by atoms with Crippen molar-refractivity contribution < 1.29 is 62.8 Å². The molecular weight excluding hydrogens is 731 g/mol. The highest BCUT2D eigenvalue weighted by Gasteiger charge is 2.39. The summed E-state index contributed by atoms with van der Waals surface area (Å²) in [6.45, 7) is 4.23. The minimum Gasteiger partial charge on any atom is -0.462 e. The Bertz CT molecular complexity index is 1140. The lowest BCUT2D eigenvalue weighted by atomic mass is 9.90. The number of carbonyl (C=O) groups excluding carboxylic acids is 3. The highest BCUT2D eigenvalue weighted by atomic mass is 31.2. The van der Waals surface area contributed by atoms with Crippen LogP contribution in [0.1, 0.15) is 149 Å². The molecule has 0 saturated heterocycles. The normalized spacial score (nSPS) is 20.3. The standard InChI is InChI=1S/C41H73O13P/c1-4-5-15-21-33(43)25-26-37-36(38(45)27-39(37)46)22-17-13-14-18-23-40(47)51-30-35(31-53-55(49,50)52-29-34(44)28-42)54-41(48)24-19-12-10-8-6-7-9-11-16-20-32(2)3/h13,17,25-26,32-38,42-45H,4-12,14-16,18-24,27-31H2,1-3H3,(H,49,50)/b17-13-,26-25+/t33-,34-,35+,36+,37+,38-/m0/s1. The molecule has 0 radical (unpaired) electrons. The number of phosphoric ester groups is 1. The first kappa shape index (κ1) is 51.1. The monoisotopic (exact) mass is 804 g/mol. The van der Waals surface area contributed by atoms with Gasteiger partial charge >= 0.3 is 19.8 Å². The Hall–Kier alpha value is -1.96. The number of aliphatic hydroxyl groups excluding tert-OH is 4. The maximum absolute atomic E-state index is 12.6. The fourth-order valence-electron chi connectivity index (χ4n) is 6.33. The number of carbonyl (C=O) groups is 3. The van der Waals surface area contributed by atoms with Crippen molar-refractivity contribution in [3.63, 3.8) is 0 Å². The number of unbranched alkanes of at least 4 members (excludes halogenated alkanes) is 11. The number of phosphoric acid groups is 1. The molecule has 13 nitrogen and oxygen atoms in total. The Morgan fingerprint density at radius 1 is 0.836 bits per heavy atom. The van der Waals surface area contributed by atoms with Crippen LogP contribution >= 0.6 is 7.82 Å². The average molecular weight is 805 g/mol. The fraction of sp³-hybridized carbons (Fsp3) is 0.829. The van der Waals surface area contributed by atoms with E-state index in [-0.39, 0.29) is 31.0 Å². The number of esters is 2. The zero-order valence-corrected chi connectivity index (χ0v) is 34.7. The summed E-state index contributed by atoms with van der Waals surface area (Å²) < 4.78 is 32.6. The third kappa shape index (κ3) is 26.6. The molecule has 7 atom stereocenters. The summed E-state index contributed by atoms with van der Waals surface area (Å²) in [5, 5.41) is 39.0. The molecule has 0 spiro atoms. The Labute approximate surface area is 329 Å². The van der Waals surface area contributed by atoms with Crippen LogP contribution in [0, 0.1) is 17.8 Å². The predicted molar refractivity (Wildman–Crippen MR) is 211 cm³/mol. The summed E-state index contributed by atoms with van der Waals surface area (Å²) in [6, 6.07) is 0. The van der Waals surface area contributed by atoms with Crippen LogP contribution in [0.2, 0.25) is 0 Å². The minimum atomic E-state index is -4.68. The van der Waals surface area contributed by atoms with E-state index in [1.54, 1.807) is 12.2 Å². The molecular formula is C41H73O13P. The van der Waals surface area contributed by atoms with Crippen LogP contribution in [0.25, 0.3) is 0 Å². The average Bonchev–Trinajstić information content (AvgIpc) is 3.41. The van der Waals surface area contributed by atoms with E-state index in [2.05, 4.69) is 25.3 Å². The fourth-order valence-corrected chi connectivity index (χ4v) is 7.12. The van der Waals surface area contributed by atoms with E-state index in [0.717, 1.165) is 44.4 Å². The van der Waals surface area contributed by atoms with Gasteiger partial charge in [0.2, 0.25) is 0 Å². The van der Waals surface area contributed by atoms with E-state index in [1.165, 1.54) is 38.5 Å². The third-order valence-electron chi connectivity index (χ3n) is 9.66. The summed E-state index contributed by atoms with van der Waals surface area (Å²) in [5.41, 5.74) is 0. The van der Waals surface area contributed by atoms with Gasteiger partial charge in [-0.3, -0.25) is 23.4 Å². The molecule has 1 aliphatic carbocycles. The van der Waals surface area contributed by atoms with Gasteiger partial charge in [0, 0.05) is 31.1 Å². The quantitative estimate of drug-likeness (QED) is 0.0192. The van der Waals surface area contributed by atoms with Gasteiger partial charge in [-0.15, -0.1) is 0 Å². The zero-order valence-electron chi connectivity index (χ0n) is 33.8. The van der Waals surface area contributed by atoms with Crippen molar-refractivity contribution in [2.75, 3.05) is 26.4 Å². The number of aliphatic hydroxyl groups is 4. The van der Waals surface area contributed by atoms with Crippen molar-refractivity contribution >= 4 is 25.5 Å². The number of ether oxygens (including phenoxy) is 2. The van der Waals surface area contributed by atoms with E-state index >= 15 is 0 Å². The lowest BCUT2D eigenvalue weighted by Crippen LogP contribution is -2.29. The zero-order chi connectivity index (χ0) is 40.9. The summed E-state index contributed by atoms with van der Waals surface area (Å²) in [6.07, 6.45) is 19.6. The van der Waals surface area contributed by atoms with Crippen molar-refractivity contribution in [3.05, 3.63) is 24.3 Å². The summed E-state index contributed by atoms with van der Waals surface area (Å²) in [7, 11) is -4.68. The summed E-state index contributed by atoms with van der Waals surface area (Å²) in [5.74, 6) is -1.15. The highest BCUT2D eigenvalue weighted by molar-refractivity contribution is 7.47. The summed E-state index contributed by atoms with van der Waals surface area (Å²) >= 11 is 0. The van der Waals surface area contributed by atoms with Crippen molar-refractivity contribution in [2.45, 2.75) is 174 Å². The molecule has 0 aromatic heterocycles. The largest absolute Gasteiger partial charge is 0.472 e. The SMILES string of the molecule is CCCCC[C@H](O)/C=C/[C@H]1C(=O)C[C@H](O)[C@@H]1C/C=C\CCCC(=O)OC[C@H](COP(=O)(O)OC[C@@H](O)CO)OC(=O)CCCCCCCCCCCC(C)C. The van der Waals surface area contributed by atoms with Gasteiger partial charge in [-0.1, -0.05) is 122 Å². The van der Waals surface area contributed by atoms with E-state index in [1.807, 2.05) is 12.2 Å². The molecule has 0 heterocycles. The van der Waals surface area contributed by atoms with Crippen molar-refractivity contribution in [1.82, 2.24) is 0 Å². The Morgan fingerprint density at radius 3 is 2.11 bits per heavy atom. The second-order valence-corrected chi connectivity index (χ2v) is 16.7. The Balaban J connectivity index is 2.51. The van der Waals surface area contributed by atoms with Gasteiger partial charge in [-0.25, -0.2) is 4.57 Å². The van der Waals surface area contributed by atoms with E-state index in [0.29, 0.717) is 32.1 Å². The van der Waals surface area contributed by atoms with Gasteiger partial charge in [0.05, 0.1) is 32.0 Å². The van der Waals surface area contributed by atoms with Gasteiger partial charge in [0.25, 0.3) is 0 Å². The van der Waals surface area contributed by atoms with Gasteiger partial charge in [-0.2, -0.15) is 0 Å². The molecule has 1 fully saturated rings.